The maximum Gasteiger partial charge on any atom is 0.416 e. The molecule has 0 saturated carbocycles. The molecule has 3 aromatic rings. The van der Waals surface area contributed by atoms with E-state index in [0.717, 1.165) is 10.5 Å². The van der Waals surface area contributed by atoms with Crippen molar-refractivity contribution in [1.29, 1.82) is 0 Å². The molecule has 1 atom stereocenters. The number of imidazole rings is 1. The molecule has 0 bridgehead atoms. The van der Waals surface area contributed by atoms with Crippen molar-refractivity contribution in [3.63, 3.8) is 0 Å². The van der Waals surface area contributed by atoms with Crippen LogP contribution in [0.25, 0.3) is 11.0 Å². The number of rotatable bonds is 10. The smallest absolute Gasteiger partial charge is 0.416 e. The first-order chi connectivity index (χ1) is 17.2. The molecule has 3 amide bonds. The number of ether oxygens (including phenoxy) is 1. The lowest BCUT2D eigenvalue weighted by Crippen LogP contribution is -2.32. The van der Waals surface area contributed by atoms with E-state index >= 15 is 0 Å². The molecule has 2 aromatic carbocycles. The largest absolute Gasteiger partial charge is 0.481 e. The Morgan fingerprint density at radius 1 is 1.14 bits per heavy atom. The van der Waals surface area contributed by atoms with Gasteiger partial charge in [-0.2, -0.15) is 0 Å². The van der Waals surface area contributed by atoms with E-state index in [4.69, 9.17) is 15.8 Å². The summed E-state index contributed by atoms with van der Waals surface area (Å²) < 4.78 is 6.49. The summed E-state index contributed by atoms with van der Waals surface area (Å²) in [6, 6.07) is 13.8. The zero-order chi connectivity index (χ0) is 26.2. The highest BCUT2D eigenvalue weighted by Gasteiger charge is 2.25. The molecule has 0 aliphatic rings. The Bertz CT molecular complexity index is 1260. The van der Waals surface area contributed by atoms with Crippen LogP contribution in [-0.2, 0) is 27.3 Å². The van der Waals surface area contributed by atoms with Crippen LogP contribution in [0.2, 0.25) is 0 Å². The maximum absolute atomic E-state index is 12.7. The zero-order valence-corrected chi connectivity index (χ0v) is 20.1. The second-order valence-corrected chi connectivity index (χ2v) is 8.15. The number of methoxy groups -OCH3 is 1. The van der Waals surface area contributed by atoms with Crippen molar-refractivity contribution >= 4 is 34.9 Å². The third-order valence-electron chi connectivity index (χ3n) is 5.63. The van der Waals surface area contributed by atoms with Gasteiger partial charge in [0.1, 0.15) is 5.82 Å². The van der Waals surface area contributed by atoms with Gasteiger partial charge in [-0.3, -0.25) is 14.4 Å². The predicted molar refractivity (Wildman–Crippen MR) is 131 cm³/mol. The van der Waals surface area contributed by atoms with Crippen LogP contribution in [0.15, 0.2) is 48.5 Å². The summed E-state index contributed by atoms with van der Waals surface area (Å²) in [6.07, 6.45) is -0.843. The average Bonchev–Trinajstić information content (AvgIpc) is 3.24. The Morgan fingerprint density at radius 3 is 2.50 bits per heavy atom. The lowest BCUT2D eigenvalue weighted by Gasteiger charge is -2.20. The van der Waals surface area contributed by atoms with Gasteiger partial charge in [0.25, 0.3) is 5.91 Å². The number of nitrogens with one attached hydrogen (secondary N) is 1. The standard InChI is InChI=1S/C25H29N5O6/c1-29(25(35)36-2)24(34)17-8-9-20-18(15-17)28-23(30(20)13-12-26)19(14-16-6-4-3-5-7-16)27-21(31)10-11-22(32)33/h3-9,15,19H,10-14,26H2,1-2H3,(H,27,31)(H,32,33). The van der Waals surface area contributed by atoms with Crippen LogP contribution in [0.5, 0.6) is 0 Å². The second-order valence-electron chi connectivity index (χ2n) is 8.15. The molecule has 0 spiro atoms. The fourth-order valence-corrected chi connectivity index (χ4v) is 3.87. The van der Waals surface area contributed by atoms with Crippen molar-refractivity contribution in [3.8, 4) is 0 Å². The highest BCUT2D eigenvalue weighted by atomic mass is 16.5. The van der Waals surface area contributed by atoms with Crippen LogP contribution in [0.1, 0.15) is 40.6 Å². The number of aromatic nitrogens is 2. The summed E-state index contributed by atoms with van der Waals surface area (Å²) in [5.41, 5.74) is 8.24. The summed E-state index contributed by atoms with van der Waals surface area (Å²) in [6.45, 7) is 0.701. The molecule has 3 rings (SSSR count). The van der Waals surface area contributed by atoms with E-state index in [1.807, 2.05) is 34.9 Å². The van der Waals surface area contributed by atoms with Gasteiger partial charge in [-0.15, -0.1) is 0 Å². The highest BCUT2D eigenvalue weighted by molar-refractivity contribution is 6.04. The number of fused-ring (bicyclic) bond motifs is 1. The minimum absolute atomic E-state index is 0.170. The third-order valence-corrected chi connectivity index (χ3v) is 5.63. The number of carboxylic acids is 1. The second kappa shape index (κ2) is 11.9. The Hall–Kier alpha value is -4.25. The van der Waals surface area contributed by atoms with Gasteiger partial charge in [0, 0.05) is 32.1 Å². The van der Waals surface area contributed by atoms with Gasteiger partial charge in [0.05, 0.1) is 30.6 Å². The van der Waals surface area contributed by atoms with Gasteiger partial charge < -0.3 is 25.5 Å². The maximum atomic E-state index is 12.7. The van der Waals surface area contributed by atoms with Crippen LogP contribution in [0.3, 0.4) is 0 Å². The number of benzene rings is 2. The molecule has 0 aliphatic heterocycles. The fourth-order valence-electron chi connectivity index (χ4n) is 3.87. The average molecular weight is 496 g/mol. The van der Waals surface area contributed by atoms with Crippen molar-refractivity contribution in [3.05, 3.63) is 65.5 Å². The molecule has 36 heavy (non-hydrogen) atoms. The van der Waals surface area contributed by atoms with Crippen molar-refractivity contribution in [2.24, 2.45) is 5.73 Å². The molecule has 190 valence electrons. The monoisotopic (exact) mass is 495 g/mol. The van der Waals surface area contributed by atoms with Crippen molar-refractivity contribution in [2.45, 2.75) is 31.8 Å². The zero-order valence-electron chi connectivity index (χ0n) is 20.1. The molecule has 1 aromatic heterocycles. The van der Waals surface area contributed by atoms with Gasteiger partial charge >= 0.3 is 12.1 Å². The summed E-state index contributed by atoms with van der Waals surface area (Å²) in [4.78, 5) is 53.6. The number of hydrogen-bond donors (Lipinski definition) is 3. The van der Waals surface area contributed by atoms with Gasteiger partial charge in [-0.05, 0) is 30.2 Å². The normalized spacial score (nSPS) is 11.6. The molecule has 11 nitrogen and oxygen atoms in total. The molecule has 4 N–H and O–H groups in total. The summed E-state index contributed by atoms with van der Waals surface area (Å²) in [5, 5.41) is 11.9. The number of aliphatic carboxylic acids is 1. The molecule has 1 unspecified atom stereocenters. The van der Waals surface area contributed by atoms with Gasteiger partial charge in [0.15, 0.2) is 0 Å². The van der Waals surface area contributed by atoms with E-state index in [-0.39, 0.29) is 18.4 Å². The van der Waals surface area contributed by atoms with E-state index in [0.29, 0.717) is 36.4 Å². The van der Waals surface area contributed by atoms with E-state index < -0.39 is 29.9 Å². The summed E-state index contributed by atoms with van der Waals surface area (Å²) >= 11 is 0. The Labute approximate surface area is 207 Å². The first-order valence-electron chi connectivity index (χ1n) is 11.4. The number of carboxylic acid groups (broad SMARTS) is 1. The number of imide groups is 1. The number of amides is 3. The van der Waals surface area contributed by atoms with E-state index in [2.05, 4.69) is 10.1 Å². The van der Waals surface area contributed by atoms with Crippen LogP contribution in [0.4, 0.5) is 4.79 Å². The molecular weight excluding hydrogens is 466 g/mol. The fraction of sp³-hybridized carbons (Fsp3) is 0.320. The molecule has 0 saturated heterocycles. The predicted octanol–water partition coefficient (Wildman–Crippen LogP) is 2.10. The number of hydrogen-bond acceptors (Lipinski definition) is 7. The topological polar surface area (TPSA) is 157 Å². The molecule has 0 radical (unpaired) electrons. The van der Waals surface area contributed by atoms with Crippen LogP contribution in [-0.4, -0.2) is 64.1 Å². The van der Waals surface area contributed by atoms with Crippen molar-refractivity contribution in [2.75, 3.05) is 20.7 Å². The SMILES string of the molecule is COC(=O)N(C)C(=O)c1ccc2c(c1)nc(C(Cc1ccccc1)NC(=O)CCC(=O)O)n2CCN. The van der Waals surface area contributed by atoms with Gasteiger partial charge in [-0.25, -0.2) is 14.7 Å². The first kappa shape index (κ1) is 26.4. The Balaban J connectivity index is 2.03. The third kappa shape index (κ3) is 6.25. The Morgan fingerprint density at radius 2 is 1.86 bits per heavy atom. The van der Waals surface area contributed by atoms with E-state index in [1.54, 1.807) is 18.2 Å². The number of nitrogens with zero attached hydrogens (tertiary/aromatic N) is 3. The van der Waals surface area contributed by atoms with Gasteiger partial charge in [0.2, 0.25) is 5.91 Å². The minimum Gasteiger partial charge on any atom is -0.481 e. The highest BCUT2D eigenvalue weighted by Crippen LogP contribution is 2.25. The number of nitrogens with two attached hydrogens (primary N) is 1. The van der Waals surface area contributed by atoms with E-state index in [1.165, 1.54) is 14.2 Å². The number of carbonyl (C=O) groups excluding carboxylic acids is 3. The Kier molecular flexibility index (Phi) is 8.74. The van der Waals surface area contributed by atoms with Gasteiger partial charge in [-0.1, -0.05) is 30.3 Å². The van der Waals surface area contributed by atoms with E-state index in [9.17, 15) is 19.2 Å². The minimum atomic E-state index is -1.06. The first-order valence-corrected chi connectivity index (χ1v) is 11.4. The van der Waals surface area contributed by atoms with Crippen LogP contribution < -0.4 is 11.1 Å². The molecular formula is C25H29N5O6. The van der Waals surface area contributed by atoms with Crippen LogP contribution in [0, 0.1) is 0 Å². The van der Waals surface area contributed by atoms with Crippen molar-refractivity contribution < 1.29 is 29.0 Å². The summed E-state index contributed by atoms with van der Waals surface area (Å²) in [5.74, 6) is -1.51. The molecule has 0 aliphatic carbocycles. The molecule has 0 fully saturated rings. The number of carbonyl (C=O) groups is 4. The van der Waals surface area contributed by atoms with Crippen molar-refractivity contribution in [1.82, 2.24) is 19.8 Å². The summed E-state index contributed by atoms with van der Waals surface area (Å²) in [7, 11) is 2.51. The molecule has 11 heteroatoms. The lowest BCUT2D eigenvalue weighted by atomic mass is 10.0. The quantitative estimate of drug-likeness (QED) is 0.386. The molecule has 1 heterocycles. The lowest BCUT2D eigenvalue weighted by molar-refractivity contribution is -0.138. The van der Waals surface area contributed by atoms with Crippen LogP contribution >= 0.6 is 0 Å².